The third-order valence-electron chi connectivity index (χ3n) is 5.86. The van der Waals surface area contributed by atoms with E-state index in [1.54, 1.807) is 22.9 Å². The molecule has 1 aromatic carbocycles. The molecule has 5 rings (SSSR count). The van der Waals surface area contributed by atoms with Gasteiger partial charge in [-0.05, 0) is 61.6 Å². The maximum Gasteiger partial charge on any atom is 0.258 e. The van der Waals surface area contributed by atoms with Crippen molar-refractivity contribution in [3.63, 3.8) is 0 Å². The number of halogens is 1. The lowest BCUT2D eigenvalue weighted by Crippen LogP contribution is -2.16. The smallest absolute Gasteiger partial charge is 0.258 e. The monoisotopic (exact) mass is 403 g/mol. The van der Waals surface area contributed by atoms with Gasteiger partial charge in [-0.2, -0.15) is 0 Å². The molecular weight excluding hydrogens is 381 g/mol. The fraction of sp³-hybridized carbons (Fsp3) is 0.250. The van der Waals surface area contributed by atoms with E-state index in [2.05, 4.69) is 28.7 Å². The third kappa shape index (κ3) is 3.28. The molecule has 0 N–H and O–H groups in total. The number of ether oxygens (including phenoxy) is 1. The van der Waals surface area contributed by atoms with Crippen molar-refractivity contribution < 1.29 is 9.13 Å². The van der Waals surface area contributed by atoms with Crippen LogP contribution >= 0.6 is 0 Å². The van der Waals surface area contributed by atoms with Gasteiger partial charge in [0.05, 0.1) is 23.1 Å². The van der Waals surface area contributed by atoms with Gasteiger partial charge in [0.15, 0.2) is 0 Å². The molecule has 0 bridgehead atoms. The standard InChI is InChI=1S/C24H22FN3O2/c1-27-22-5-3-2-4-20(22)21-9-8-18(12-23(21)27)28-11-10-19(13-24(28)29)30-15-17-7-6-16(25)14-26-17/h6-14H,2-5,15H2,1H3. The van der Waals surface area contributed by atoms with E-state index in [1.807, 2.05) is 6.07 Å². The number of hydrogen-bond donors (Lipinski definition) is 0. The molecule has 0 amide bonds. The van der Waals surface area contributed by atoms with Gasteiger partial charge in [-0.25, -0.2) is 4.39 Å². The minimum Gasteiger partial charge on any atom is -0.487 e. The number of aryl methyl sites for hydroxylation is 2. The summed E-state index contributed by atoms with van der Waals surface area (Å²) in [5, 5.41) is 1.29. The van der Waals surface area contributed by atoms with Gasteiger partial charge in [0.25, 0.3) is 5.56 Å². The van der Waals surface area contributed by atoms with Crippen LogP contribution in [0.5, 0.6) is 5.75 Å². The molecule has 0 fully saturated rings. The van der Waals surface area contributed by atoms with Crippen LogP contribution in [0.1, 0.15) is 29.8 Å². The first kappa shape index (κ1) is 18.6. The first-order valence-corrected chi connectivity index (χ1v) is 10.2. The average Bonchev–Trinajstić information content (AvgIpc) is 3.05. The maximum absolute atomic E-state index is 12.9. The number of benzene rings is 1. The number of rotatable bonds is 4. The lowest BCUT2D eigenvalue weighted by molar-refractivity contribution is 0.300. The van der Waals surface area contributed by atoms with Crippen LogP contribution in [0, 0.1) is 5.82 Å². The summed E-state index contributed by atoms with van der Waals surface area (Å²) in [6.45, 7) is 0.171. The molecule has 0 saturated heterocycles. The van der Waals surface area contributed by atoms with Crippen LogP contribution in [0.3, 0.4) is 0 Å². The number of pyridine rings is 2. The van der Waals surface area contributed by atoms with Crippen molar-refractivity contribution in [2.24, 2.45) is 7.05 Å². The highest BCUT2D eigenvalue weighted by atomic mass is 19.1. The van der Waals surface area contributed by atoms with E-state index >= 15 is 0 Å². The highest BCUT2D eigenvalue weighted by Gasteiger charge is 2.18. The molecule has 1 aliphatic carbocycles. The second kappa shape index (κ2) is 7.44. The van der Waals surface area contributed by atoms with Crippen molar-refractivity contribution in [3.8, 4) is 11.4 Å². The van der Waals surface area contributed by atoms with Gasteiger partial charge in [-0.3, -0.25) is 14.3 Å². The van der Waals surface area contributed by atoms with Crippen LogP contribution in [-0.2, 0) is 26.5 Å². The molecule has 152 valence electrons. The largest absolute Gasteiger partial charge is 0.487 e. The van der Waals surface area contributed by atoms with E-state index in [0.717, 1.165) is 30.2 Å². The molecule has 3 heterocycles. The lowest BCUT2D eigenvalue weighted by atomic mass is 9.95. The summed E-state index contributed by atoms with van der Waals surface area (Å²) < 4.78 is 22.5. The highest BCUT2D eigenvalue weighted by molar-refractivity contribution is 5.87. The summed E-state index contributed by atoms with van der Waals surface area (Å²) in [6, 6.07) is 12.3. The van der Waals surface area contributed by atoms with Crippen LogP contribution in [0.2, 0.25) is 0 Å². The second-order valence-corrected chi connectivity index (χ2v) is 7.72. The van der Waals surface area contributed by atoms with E-state index in [1.165, 1.54) is 41.6 Å². The molecule has 3 aromatic heterocycles. The molecule has 30 heavy (non-hydrogen) atoms. The normalized spacial score (nSPS) is 13.4. The summed E-state index contributed by atoms with van der Waals surface area (Å²) in [4.78, 5) is 16.7. The van der Waals surface area contributed by atoms with Gasteiger partial charge < -0.3 is 9.30 Å². The van der Waals surface area contributed by atoms with Gasteiger partial charge in [0.2, 0.25) is 0 Å². The number of hydrogen-bond acceptors (Lipinski definition) is 3. The summed E-state index contributed by atoms with van der Waals surface area (Å²) in [6.07, 6.45) is 7.58. The quantitative estimate of drug-likeness (QED) is 0.510. The van der Waals surface area contributed by atoms with Crippen LogP contribution in [-0.4, -0.2) is 14.1 Å². The number of aromatic nitrogens is 3. The Morgan fingerprint density at radius 1 is 1.10 bits per heavy atom. The summed E-state index contributed by atoms with van der Waals surface area (Å²) >= 11 is 0. The van der Waals surface area contributed by atoms with E-state index in [4.69, 9.17) is 4.74 Å². The van der Waals surface area contributed by atoms with E-state index in [9.17, 15) is 9.18 Å². The maximum atomic E-state index is 12.9. The summed E-state index contributed by atoms with van der Waals surface area (Å²) in [7, 11) is 2.11. The SMILES string of the molecule is Cn1c2c(c3ccc(-n4ccc(OCc5ccc(F)cn5)cc4=O)cc31)CCCC2. The predicted molar refractivity (Wildman–Crippen MR) is 114 cm³/mol. The Labute approximate surface area is 173 Å². The Balaban J connectivity index is 1.43. The molecule has 0 aliphatic heterocycles. The minimum atomic E-state index is -0.391. The van der Waals surface area contributed by atoms with E-state index in [-0.39, 0.29) is 12.2 Å². The topological polar surface area (TPSA) is 49.0 Å². The van der Waals surface area contributed by atoms with Crippen molar-refractivity contribution in [1.82, 2.24) is 14.1 Å². The second-order valence-electron chi connectivity index (χ2n) is 7.72. The van der Waals surface area contributed by atoms with Crippen molar-refractivity contribution in [1.29, 1.82) is 0 Å². The first-order chi connectivity index (χ1) is 14.6. The van der Waals surface area contributed by atoms with Crippen molar-refractivity contribution >= 4 is 10.9 Å². The van der Waals surface area contributed by atoms with E-state index < -0.39 is 5.82 Å². The molecule has 1 aliphatic rings. The minimum absolute atomic E-state index is 0.169. The molecule has 0 unspecified atom stereocenters. The zero-order valence-corrected chi connectivity index (χ0v) is 16.8. The average molecular weight is 403 g/mol. The Morgan fingerprint density at radius 2 is 1.97 bits per heavy atom. The summed E-state index contributed by atoms with van der Waals surface area (Å²) in [5.74, 6) is 0.0650. The van der Waals surface area contributed by atoms with Crippen LogP contribution in [0.15, 0.2) is 59.7 Å². The Morgan fingerprint density at radius 3 is 2.77 bits per heavy atom. The predicted octanol–water partition coefficient (Wildman–Crippen LogP) is 4.32. The molecule has 0 saturated carbocycles. The molecule has 0 atom stereocenters. The molecule has 0 radical (unpaired) electrons. The summed E-state index contributed by atoms with van der Waals surface area (Å²) in [5.41, 5.74) is 5.29. The Hall–Kier alpha value is -3.41. The van der Waals surface area contributed by atoms with Gasteiger partial charge in [0.1, 0.15) is 18.2 Å². The van der Waals surface area contributed by atoms with Gasteiger partial charge in [-0.15, -0.1) is 0 Å². The first-order valence-electron chi connectivity index (χ1n) is 10.2. The molecule has 4 aromatic rings. The highest BCUT2D eigenvalue weighted by Crippen LogP contribution is 2.32. The zero-order chi connectivity index (χ0) is 20.7. The third-order valence-corrected chi connectivity index (χ3v) is 5.86. The van der Waals surface area contributed by atoms with Crippen LogP contribution < -0.4 is 10.3 Å². The van der Waals surface area contributed by atoms with E-state index in [0.29, 0.717) is 11.4 Å². The molecule has 0 spiro atoms. The molecule has 6 heteroatoms. The molecular formula is C24H22FN3O2. The fourth-order valence-corrected chi connectivity index (χ4v) is 4.31. The Bertz CT molecular complexity index is 1290. The van der Waals surface area contributed by atoms with Gasteiger partial charge >= 0.3 is 0 Å². The fourth-order valence-electron chi connectivity index (χ4n) is 4.31. The van der Waals surface area contributed by atoms with Crippen molar-refractivity contribution in [3.05, 3.63) is 88.0 Å². The Kier molecular flexibility index (Phi) is 4.62. The molecule has 5 nitrogen and oxygen atoms in total. The van der Waals surface area contributed by atoms with Crippen LogP contribution in [0.4, 0.5) is 4.39 Å². The van der Waals surface area contributed by atoms with Gasteiger partial charge in [-0.1, -0.05) is 6.07 Å². The van der Waals surface area contributed by atoms with Gasteiger partial charge in [0, 0.05) is 30.4 Å². The lowest BCUT2D eigenvalue weighted by Gasteiger charge is -2.12. The number of fused-ring (bicyclic) bond motifs is 3. The van der Waals surface area contributed by atoms with Crippen molar-refractivity contribution in [2.75, 3.05) is 0 Å². The van der Waals surface area contributed by atoms with Crippen molar-refractivity contribution in [2.45, 2.75) is 32.3 Å². The van der Waals surface area contributed by atoms with Crippen LogP contribution in [0.25, 0.3) is 16.6 Å². The zero-order valence-electron chi connectivity index (χ0n) is 16.8. The number of nitrogens with zero attached hydrogens (tertiary/aromatic N) is 3.